The molecule has 0 spiro atoms. The summed E-state index contributed by atoms with van der Waals surface area (Å²) in [5.74, 6) is 0.133. The Balaban J connectivity index is 0.000000666. The molecule has 2 aromatic carbocycles. The van der Waals surface area contributed by atoms with E-state index in [0.717, 1.165) is 11.1 Å². The molecule has 49 heavy (non-hydrogen) atoms. The van der Waals surface area contributed by atoms with Crippen LogP contribution in [0.4, 0.5) is 11.4 Å². The van der Waals surface area contributed by atoms with E-state index in [-0.39, 0.29) is 16.6 Å². The Kier molecular flexibility index (Phi) is 20.7. The van der Waals surface area contributed by atoms with Gasteiger partial charge < -0.3 is 16.4 Å². The van der Waals surface area contributed by atoms with Crippen molar-refractivity contribution in [3.8, 4) is 0 Å². The van der Waals surface area contributed by atoms with Gasteiger partial charge in [-0.05, 0) is 83.0 Å². The molecule has 4 rings (SSSR count). The maximum atomic E-state index is 12.1. The van der Waals surface area contributed by atoms with Crippen LogP contribution in [0.25, 0.3) is 0 Å². The maximum Gasteiger partial charge on any atom is 0.252 e. The van der Waals surface area contributed by atoms with Crippen LogP contribution in [0.15, 0.2) is 91.5 Å². The van der Waals surface area contributed by atoms with Crippen molar-refractivity contribution in [2.45, 2.75) is 79.6 Å². The van der Waals surface area contributed by atoms with Gasteiger partial charge in [0.1, 0.15) is 0 Å². The van der Waals surface area contributed by atoms with Crippen LogP contribution in [0.2, 0.25) is 0 Å². The van der Waals surface area contributed by atoms with E-state index in [2.05, 4.69) is 77.2 Å². The number of carbonyl (C=O) groups excluding carboxylic acids is 2. The van der Waals surface area contributed by atoms with Crippen molar-refractivity contribution in [2.75, 3.05) is 31.1 Å². The van der Waals surface area contributed by atoms with Gasteiger partial charge in [-0.15, -0.1) is 0 Å². The molecule has 4 aromatic rings. The van der Waals surface area contributed by atoms with Crippen LogP contribution in [0, 0.1) is 10.8 Å². The Morgan fingerprint density at radius 1 is 0.673 bits per heavy atom. The number of nitrogens with two attached hydrogens (primary N) is 2. The van der Waals surface area contributed by atoms with Gasteiger partial charge in [-0.2, -0.15) is 0 Å². The summed E-state index contributed by atoms with van der Waals surface area (Å²) in [6.45, 7) is 23.0. The minimum atomic E-state index is -0.402. The van der Waals surface area contributed by atoms with E-state index < -0.39 is 5.24 Å². The van der Waals surface area contributed by atoms with Gasteiger partial charge in [0, 0.05) is 46.9 Å². The first kappa shape index (κ1) is 44.4. The second kappa shape index (κ2) is 22.8. The summed E-state index contributed by atoms with van der Waals surface area (Å²) in [7, 11) is 0. The van der Waals surface area contributed by atoms with Crippen molar-refractivity contribution in [3.05, 3.63) is 119 Å². The van der Waals surface area contributed by atoms with Crippen LogP contribution in [0.3, 0.4) is 0 Å². The van der Waals surface area contributed by atoms with E-state index in [1.165, 1.54) is 37.0 Å². The normalized spacial score (nSPS) is 10.4. The topological polar surface area (TPSA) is 163 Å². The Hall–Kier alpha value is -4.65. The first-order chi connectivity index (χ1) is 23.0. The molecular formula is C39H54ClN7O2. The molecule has 0 aliphatic carbocycles. The third-order valence-corrected chi connectivity index (χ3v) is 7.59. The van der Waals surface area contributed by atoms with E-state index in [0.29, 0.717) is 23.4 Å². The second-order valence-corrected chi connectivity index (χ2v) is 13.4. The number of benzene rings is 2. The molecular weight excluding hydrogens is 634 g/mol. The van der Waals surface area contributed by atoms with Crippen LogP contribution < -0.4 is 11.5 Å². The fourth-order valence-electron chi connectivity index (χ4n) is 4.14. The molecule has 0 saturated carbocycles. The molecule has 0 unspecified atom stereocenters. The summed E-state index contributed by atoms with van der Waals surface area (Å²) in [6.07, 6.45) is 6.98. The molecule has 0 bridgehead atoms. The highest BCUT2D eigenvalue weighted by Gasteiger charge is 2.15. The van der Waals surface area contributed by atoms with E-state index in [9.17, 15) is 9.59 Å². The molecule has 0 fully saturated rings. The Morgan fingerprint density at radius 3 is 1.43 bits per heavy atom. The Bertz CT molecular complexity index is 1500. The van der Waals surface area contributed by atoms with E-state index >= 15 is 0 Å². The van der Waals surface area contributed by atoms with Gasteiger partial charge >= 0.3 is 0 Å². The zero-order valence-corrected chi connectivity index (χ0v) is 31.3. The maximum absolute atomic E-state index is 12.1. The third-order valence-electron chi connectivity index (χ3n) is 7.37. The number of pyridine rings is 2. The lowest BCUT2D eigenvalue weighted by Gasteiger charge is -2.18. The van der Waals surface area contributed by atoms with Gasteiger partial charge in [-0.3, -0.25) is 19.6 Å². The zero-order valence-electron chi connectivity index (χ0n) is 30.6. The van der Waals surface area contributed by atoms with E-state index in [1.54, 1.807) is 36.8 Å². The summed E-state index contributed by atoms with van der Waals surface area (Å²) in [4.78, 5) is 33.1. The third kappa shape index (κ3) is 17.9. The average Bonchev–Trinajstić information content (AvgIpc) is 3.08. The molecule has 2 aromatic heterocycles. The zero-order chi connectivity index (χ0) is 37.6. The van der Waals surface area contributed by atoms with E-state index in [1.807, 2.05) is 48.5 Å². The standard InChI is InChI=1S/C17H19NO.C11H13ClO.C6H15N.C5H7N3.N2/c1-17(2,3)15-8-6-14(7-9-15)16(19)11-13-5-4-10-18-12-13;1-11(2,3)9-6-4-8(5-7-9)10(12)13;1-4-7(5-2)6-3;6-4-1-2-8-3-5(4)7;1-2/h4-10,12H,11H2,1-3H3;4-7H,1-3H3;4-6H2,1-3H3;1-3H,7H2,(H2,6,8);. The largest absolute Gasteiger partial charge is 0.397 e. The van der Waals surface area contributed by atoms with Gasteiger partial charge in [-0.25, -0.2) is 0 Å². The fourth-order valence-corrected chi connectivity index (χ4v) is 4.26. The average molecular weight is 688 g/mol. The summed E-state index contributed by atoms with van der Waals surface area (Å²) < 4.78 is 0. The first-order valence-electron chi connectivity index (χ1n) is 16.2. The number of carbonyl (C=O) groups is 2. The molecule has 0 amide bonds. The summed E-state index contributed by atoms with van der Waals surface area (Å²) in [5, 5.41) is 11.6. The van der Waals surface area contributed by atoms with Gasteiger partial charge in [0.15, 0.2) is 5.78 Å². The number of ketones is 1. The molecule has 9 nitrogen and oxygen atoms in total. The molecule has 0 aliphatic rings. The molecule has 10 heteroatoms. The lowest BCUT2D eigenvalue weighted by molar-refractivity contribution is 0.0992. The number of hydrogen-bond donors (Lipinski definition) is 2. The van der Waals surface area contributed by atoms with E-state index in [4.69, 9.17) is 33.9 Å². The summed E-state index contributed by atoms with van der Waals surface area (Å²) >= 11 is 5.33. The minimum absolute atomic E-state index is 0.116. The van der Waals surface area contributed by atoms with Crippen molar-refractivity contribution in [2.24, 2.45) is 0 Å². The molecule has 0 atom stereocenters. The number of hydrogen-bond acceptors (Lipinski definition) is 9. The monoisotopic (exact) mass is 687 g/mol. The number of rotatable bonds is 7. The predicted molar refractivity (Wildman–Crippen MR) is 203 cm³/mol. The minimum Gasteiger partial charge on any atom is -0.397 e. The van der Waals surface area contributed by atoms with Crippen molar-refractivity contribution in [1.29, 1.82) is 10.8 Å². The Morgan fingerprint density at radius 2 is 1.12 bits per heavy atom. The van der Waals surface area contributed by atoms with Crippen molar-refractivity contribution < 1.29 is 9.59 Å². The molecule has 0 aliphatic heterocycles. The highest BCUT2D eigenvalue weighted by Crippen LogP contribution is 2.23. The summed E-state index contributed by atoms with van der Waals surface area (Å²) in [6, 6.07) is 20.7. The predicted octanol–water partition coefficient (Wildman–Crippen LogP) is 8.79. The molecule has 2 heterocycles. The van der Waals surface area contributed by atoms with Crippen LogP contribution in [0.5, 0.6) is 0 Å². The van der Waals surface area contributed by atoms with Crippen LogP contribution in [-0.4, -0.2) is 45.5 Å². The first-order valence-corrected chi connectivity index (χ1v) is 16.6. The fraction of sp³-hybridized carbons (Fsp3) is 0.385. The van der Waals surface area contributed by atoms with Crippen LogP contribution in [0.1, 0.15) is 99.7 Å². The smallest absolute Gasteiger partial charge is 0.252 e. The SMILES string of the molecule is CC(C)(C)c1ccc(C(=O)Cc2cccnc2)cc1.CC(C)(C)c1ccc(C(=O)Cl)cc1.CCN(CC)CC.N#N.Nc1ccncc1N. The van der Waals surface area contributed by atoms with Crippen LogP contribution >= 0.6 is 11.6 Å². The van der Waals surface area contributed by atoms with Crippen molar-refractivity contribution in [3.63, 3.8) is 0 Å². The summed E-state index contributed by atoms with van der Waals surface area (Å²) in [5.41, 5.74) is 16.7. The van der Waals surface area contributed by atoms with Gasteiger partial charge in [0.05, 0.1) is 17.6 Å². The molecule has 4 N–H and O–H groups in total. The number of Topliss-reactive ketones (excluding diaryl/α,β-unsaturated/α-hetero) is 1. The highest BCUT2D eigenvalue weighted by atomic mass is 35.5. The van der Waals surface area contributed by atoms with Crippen LogP contribution in [-0.2, 0) is 17.3 Å². The highest BCUT2D eigenvalue weighted by molar-refractivity contribution is 6.67. The second-order valence-electron chi connectivity index (χ2n) is 13.0. The lowest BCUT2D eigenvalue weighted by Crippen LogP contribution is -2.21. The number of anilines is 2. The van der Waals surface area contributed by atoms with Gasteiger partial charge in [0.25, 0.3) is 5.24 Å². The van der Waals surface area contributed by atoms with Crippen molar-refractivity contribution in [1.82, 2.24) is 14.9 Å². The number of halogens is 1. The van der Waals surface area contributed by atoms with Gasteiger partial charge in [-0.1, -0.05) is 105 Å². The van der Waals surface area contributed by atoms with Crippen molar-refractivity contribution >= 4 is 34.0 Å². The molecule has 0 saturated heterocycles. The number of nitrogen functional groups attached to an aromatic ring is 2. The molecule has 0 radical (unpaired) electrons. The quantitative estimate of drug-likeness (QED) is 0.110. The van der Waals surface area contributed by atoms with Gasteiger partial charge in [0.2, 0.25) is 0 Å². The number of nitrogens with zero attached hydrogens (tertiary/aromatic N) is 5. The Labute approximate surface area is 298 Å². The number of aromatic nitrogens is 2. The molecule has 264 valence electrons. The lowest BCUT2D eigenvalue weighted by atomic mass is 9.86.